The van der Waals surface area contributed by atoms with Crippen LogP contribution in [0.15, 0.2) is 42.5 Å². The quantitative estimate of drug-likeness (QED) is 0.577. The molecular weight excluding hydrogens is 353 g/mol. The molecule has 3 unspecified atom stereocenters. The first-order valence-corrected chi connectivity index (χ1v) is 9.47. The van der Waals surface area contributed by atoms with Crippen molar-refractivity contribution in [1.82, 2.24) is 0 Å². The van der Waals surface area contributed by atoms with Crippen LogP contribution < -0.4 is 5.32 Å². The smallest absolute Gasteiger partial charge is 0.139 e. The van der Waals surface area contributed by atoms with Crippen LogP contribution >= 0.6 is 23.2 Å². The van der Waals surface area contributed by atoms with E-state index in [9.17, 15) is 5.11 Å². The molecule has 2 N–H and O–H groups in total. The molecule has 0 saturated heterocycles. The Morgan fingerprint density at radius 3 is 2.72 bits per heavy atom. The van der Waals surface area contributed by atoms with Gasteiger partial charge in [-0.1, -0.05) is 67.4 Å². The van der Waals surface area contributed by atoms with Gasteiger partial charge >= 0.3 is 0 Å². The van der Waals surface area contributed by atoms with E-state index in [0.29, 0.717) is 27.8 Å². The summed E-state index contributed by atoms with van der Waals surface area (Å²) in [6, 6.07) is 9.93. The van der Waals surface area contributed by atoms with E-state index in [0.717, 1.165) is 12.0 Å². The van der Waals surface area contributed by atoms with E-state index in [2.05, 4.69) is 49.5 Å². The largest absolute Gasteiger partial charge is 0.506 e. The van der Waals surface area contributed by atoms with Crippen LogP contribution in [0.1, 0.15) is 54.8 Å². The molecule has 0 fully saturated rings. The Bertz CT molecular complexity index is 859. The van der Waals surface area contributed by atoms with Crippen LogP contribution in [-0.4, -0.2) is 5.11 Å². The van der Waals surface area contributed by atoms with Crippen LogP contribution in [0.4, 0.5) is 5.69 Å². The minimum atomic E-state index is -0.0244. The van der Waals surface area contributed by atoms with E-state index in [1.165, 1.54) is 16.8 Å². The summed E-state index contributed by atoms with van der Waals surface area (Å²) >= 11 is 12.4. The summed E-state index contributed by atoms with van der Waals surface area (Å²) in [7, 11) is 0. The number of benzene rings is 2. The minimum absolute atomic E-state index is 0.0244. The Morgan fingerprint density at radius 1 is 1.16 bits per heavy atom. The predicted octanol–water partition coefficient (Wildman–Crippen LogP) is 6.65. The molecule has 1 heterocycles. The van der Waals surface area contributed by atoms with Gasteiger partial charge in [-0.25, -0.2) is 0 Å². The van der Waals surface area contributed by atoms with E-state index in [4.69, 9.17) is 23.2 Å². The second-order valence-corrected chi connectivity index (χ2v) is 8.11. The van der Waals surface area contributed by atoms with Crippen molar-refractivity contribution in [3.8, 4) is 5.75 Å². The lowest BCUT2D eigenvalue weighted by Crippen LogP contribution is -2.30. The number of aromatic hydroxyl groups is 1. The number of hydrogen-bond acceptors (Lipinski definition) is 2. The monoisotopic (exact) mass is 373 g/mol. The number of halogens is 2. The van der Waals surface area contributed by atoms with Crippen LogP contribution in [0.2, 0.25) is 10.0 Å². The van der Waals surface area contributed by atoms with Crippen LogP contribution in [0.25, 0.3) is 0 Å². The molecule has 0 bridgehead atoms. The van der Waals surface area contributed by atoms with Crippen molar-refractivity contribution in [3.05, 3.63) is 69.2 Å². The fourth-order valence-corrected chi connectivity index (χ4v) is 4.77. The zero-order chi connectivity index (χ0) is 17.7. The second kappa shape index (κ2) is 6.26. The molecule has 2 aromatic carbocycles. The van der Waals surface area contributed by atoms with Gasteiger partial charge in [0.25, 0.3) is 0 Å². The first kappa shape index (κ1) is 16.8. The molecule has 130 valence electrons. The van der Waals surface area contributed by atoms with Gasteiger partial charge in [-0.2, -0.15) is 0 Å². The molecule has 4 heteroatoms. The SMILES string of the molecule is CC(C)c1cccc2c1NC(c1cc(Cl)cc(Cl)c1O)C1CC=CC21. The molecule has 3 atom stereocenters. The summed E-state index contributed by atoms with van der Waals surface area (Å²) in [5.74, 6) is 1.23. The molecule has 0 spiro atoms. The van der Waals surface area contributed by atoms with Gasteiger partial charge in [-0.15, -0.1) is 0 Å². The third-order valence-electron chi connectivity index (χ3n) is 5.44. The number of hydrogen-bond donors (Lipinski definition) is 2. The van der Waals surface area contributed by atoms with Crippen molar-refractivity contribution in [2.24, 2.45) is 5.92 Å². The Balaban J connectivity index is 1.88. The van der Waals surface area contributed by atoms with E-state index in [-0.39, 0.29) is 11.8 Å². The van der Waals surface area contributed by atoms with Gasteiger partial charge in [0.05, 0.1) is 11.1 Å². The summed E-state index contributed by atoms with van der Waals surface area (Å²) in [6.45, 7) is 4.41. The fourth-order valence-electron chi connectivity index (χ4n) is 4.26. The first-order valence-electron chi connectivity index (χ1n) is 8.71. The lowest BCUT2D eigenvalue weighted by atomic mass is 9.75. The molecule has 0 aromatic heterocycles. The average molecular weight is 374 g/mol. The molecule has 1 aliphatic heterocycles. The maximum Gasteiger partial charge on any atom is 0.139 e. The number of allylic oxidation sites excluding steroid dienone is 2. The van der Waals surface area contributed by atoms with Crippen molar-refractivity contribution in [2.75, 3.05) is 5.32 Å². The molecule has 2 aliphatic rings. The lowest BCUT2D eigenvalue weighted by molar-refractivity contribution is 0.402. The third-order valence-corrected chi connectivity index (χ3v) is 5.95. The minimum Gasteiger partial charge on any atom is -0.506 e. The van der Waals surface area contributed by atoms with Crippen molar-refractivity contribution in [3.63, 3.8) is 0 Å². The van der Waals surface area contributed by atoms with Crippen LogP contribution in [0, 0.1) is 5.92 Å². The highest BCUT2D eigenvalue weighted by molar-refractivity contribution is 6.35. The molecule has 2 nitrogen and oxygen atoms in total. The number of para-hydroxylation sites is 1. The molecule has 0 saturated carbocycles. The normalized spacial score (nSPS) is 24.1. The van der Waals surface area contributed by atoms with Gasteiger partial charge in [0.15, 0.2) is 0 Å². The second-order valence-electron chi connectivity index (χ2n) is 7.27. The highest BCUT2D eigenvalue weighted by Gasteiger charge is 2.40. The van der Waals surface area contributed by atoms with Crippen molar-refractivity contribution in [1.29, 1.82) is 0 Å². The molecule has 4 rings (SSSR count). The van der Waals surface area contributed by atoms with Crippen molar-refractivity contribution < 1.29 is 5.11 Å². The fraction of sp³-hybridized carbons (Fsp3) is 0.333. The van der Waals surface area contributed by atoms with Gasteiger partial charge in [-0.05, 0) is 41.5 Å². The Kier molecular flexibility index (Phi) is 4.21. The van der Waals surface area contributed by atoms with Crippen molar-refractivity contribution in [2.45, 2.75) is 38.1 Å². The zero-order valence-corrected chi connectivity index (χ0v) is 15.8. The van der Waals surface area contributed by atoms with E-state index < -0.39 is 0 Å². The average Bonchev–Trinajstić information content (AvgIpc) is 3.06. The Labute approximate surface area is 158 Å². The number of anilines is 1. The van der Waals surface area contributed by atoms with Gasteiger partial charge in [-0.3, -0.25) is 0 Å². The highest BCUT2D eigenvalue weighted by Crippen LogP contribution is 2.53. The van der Waals surface area contributed by atoms with Crippen LogP contribution in [-0.2, 0) is 0 Å². The standard InChI is InChI=1S/C21H21Cl2NO/c1-11(2)13-5-3-7-15-14-6-4-8-16(14)20(24-19(13)15)17-9-12(22)10-18(23)21(17)25/h3-7,9-11,14,16,20,24-25H,8H2,1-2H3. The number of fused-ring (bicyclic) bond motifs is 3. The molecule has 0 amide bonds. The van der Waals surface area contributed by atoms with Crippen molar-refractivity contribution >= 4 is 28.9 Å². The van der Waals surface area contributed by atoms with Crippen LogP contribution in [0.3, 0.4) is 0 Å². The van der Waals surface area contributed by atoms with E-state index in [1.54, 1.807) is 6.07 Å². The van der Waals surface area contributed by atoms with Gasteiger partial charge in [0.2, 0.25) is 0 Å². The Hall–Kier alpha value is -1.64. The topological polar surface area (TPSA) is 32.3 Å². The summed E-state index contributed by atoms with van der Waals surface area (Å²) in [4.78, 5) is 0. The maximum atomic E-state index is 10.6. The first-order chi connectivity index (χ1) is 12.0. The Morgan fingerprint density at radius 2 is 1.96 bits per heavy atom. The summed E-state index contributed by atoms with van der Waals surface area (Å²) in [5.41, 5.74) is 4.61. The van der Waals surface area contributed by atoms with Crippen LogP contribution in [0.5, 0.6) is 5.75 Å². The lowest BCUT2D eigenvalue weighted by Gasteiger charge is -2.39. The van der Waals surface area contributed by atoms with E-state index in [1.807, 2.05) is 6.07 Å². The van der Waals surface area contributed by atoms with E-state index >= 15 is 0 Å². The van der Waals surface area contributed by atoms with Gasteiger partial charge in [0.1, 0.15) is 5.75 Å². The predicted molar refractivity (Wildman–Crippen MR) is 105 cm³/mol. The third kappa shape index (κ3) is 2.72. The molecule has 25 heavy (non-hydrogen) atoms. The number of phenols is 1. The summed E-state index contributed by atoms with van der Waals surface area (Å²) in [5, 5.41) is 15.1. The number of rotatable bonds is 2. The molecule has 1 aliphatic carbocycles. The molecule has 2 aromatic rings. The summed E-state index contributed by atoms with van der Waals surface area (Å²) < 4.78 is 0. The number of nitrogens with one attached hydrogen (secondary N) is 1. The highest BCUT2D eigenvalue weighted by atomic mass is 35.5. The summed E-state index contributed by atoms with van der Waals surface area (Å²) in [6.07, 6.45) is 5.51. The molecular formula is C21H21Cl2NO. The van der Waals surface area contributed by atoms with Gasteiger partial charge in [0, 0.05) is 22.2 Å². The maximum absolute atomic E-state index is 10.6. The number of phenolic OH excluding ortho intramolecular Hbond substituents is 1. The molecule has 0 radical (unpaired) electrons. The zero-order valence-electron chi connectivity index (χ0n) is 14.3. The van der Waals surface area contributed by atoms with Gasteiger partial charge < -0.3 is 10.4 Å².